The molecule has 1 saturated heterocycles. The SMILES string of the molecule is CC(C)C(=O)OCC1OC(n2ccc(N)nc2=O)C2(CC2)C1OC(O)C(C)C. The summed E-state index contributed by atoms with van der Waals surface area (Å²) in [5, 5.41) is 10.3. The van der Waals surface area contributed by atoms with Gasteiger partial charge in [0, 0.05) is 17.5 Å². The molecule has 3 N–H and O–H groups in total. The zero-order valence-corrected chi connectivity index (χ0v) is 16.7. The minimum absolute atomic E-state index is 0.0120. The van der Waals surface area contributed by atoms with Gasteiger partial charge in [-0.15, -0.1) is 0 Å². The van der Waals surface area contributed by atoms with Crippen LogP contribution in [0.1, 0.15) is 46.8 Å². The van der Waals surface area contributed by atoms with E-state index in [1.807, 2.05) is 13.8 Å². The van der Waals surface area contributed by atoms with Crippen LogP contribution >= 0.6 is 0 Å². The number of hydrogen-bond donors (Lipinski definition) is 2. The third-order valence-electron chi connectivity index (χ3n) is 5.35. The number of aromatic nitrogens is 2. The molecule has 0 bridgehead atoms. The number of carbonyl (C=O) groups is 1. The molecule has 1 aromatic rings. The van der Waals surface area contributed by atoms with E-state index in [2.05, 4.69) is 4.98 Å². The molecule has 1 aromatic heterocycles. The van der Waals surface area contributed by atoms with Crippen LogP contribution in [0.4, 0.5) is 5.82 Å². The van der Waals surface area contributed by atoms with Gasteiger partial charge in [-0.3, -0.25) is 9.36 Å². The van der Waals surface area contributed by atoms with Crippen molar-refractivity contribution in [1.29, 1.82) is 0 Å². The predicted molar refractivity (Wildman–Crippen MR) is 100 cm³/mol. The first kappa shape index (κ1) is 20.8. The number of carbonyl (C=O) groups excluding carboxylic acids is 1. The topological polar surface area (TPSA) is 126 Å². The van der Waals surface area contributed by atoms with Crippen LogP contribution in [0, 0.1) is 17.3 Å². The Bertz CT molecular complexity index is 773. The number of nitrogen functional groups attached to an aromatic ring is 1. The summed E-state index contributed by atoms with van der Waals surface area (Å²) in [6, 6.07) is 1.53. The summed E-state index contributed by atoms with van der Waals surface area (Å²) in [7, 11) is 0. The van der Waals surface area contributed by atoms with Crippen molar-refractivity contribution in [2.45, 2.75) is 65.3 Å². The number of nitrogens with zero attached hydrogens (tertiary/aromatic N) is 2. The van der Waals surface area contributed by atoms with E-state index in [1.54, 1.807) is 20.0 Å². The van der Waals surface area contributed by atoms with E-state index >= 15 is 0 Å². The van der Waals surface area contributed by atoms with Gasteiger partial charge in [0.05, 0.1) is 5.92 Å². The Morgan fingerprint density at radius 2 is 2.11 bits per heavy atom. The Hall–Kier alpha value is -1.97. The zero-order chi connectivity index (χ0) is 20.6. The largest absolute Gasteiger partial charge is 0.463 e. The summed E-state index contributed by atoms with van der Waals surface area (Å²) in [5.41, 5.74) is 4.60. The molecule has 156 valence electrons. The number of esters is 1. The van der Waals surface area contributed by atoms with E-state index in [9.17, 15) is 14.7 Å². The van der Waals surface area contributed by atoms with E-state index in [-0.39, 0.29) is 30.2 Å². The van der Waals surface area contributed by atoms with E-state index in [4.69, 9.17) is 19.9 Å². The first-order valence-electron chi connectivity index (χ1n) is 9.66. The van der Waals surface area contributed by atoms with Crippen molar-refractivity contribution in [3.05, 3.63) is 22.7 Å². The van der Waals surface area contributed by atoms with Gasteiger partial charge < -0.3 is 25.1 Å². The van der Waals surface area contributed by atoms with Gasteiger partial charge in [-0.05, 0) is 18.9 Å². The van der Waals surface area contributed by atoms with Gasteiger partial charge in [-0.1, -0.05) is 27.7 Å². The number of aliphatic hydroxyl groups excluding tert-OH is 1. The van der Waals surface area contributed by atoms with Crippen LogP contribution in [0.3, 0.4) is 0 Å². The predicted octanol–water partition coefficient (Wildman–Crippen LogP) is 1.06. The lowest BCUT2D eigenvalue weighted by Gasteiger charge is -2.28. The summed E-state index contributed by atoms with van der Waals surface area (Å²) in [6.45, 7) is 7.18. The number of ether oxygens (including phenoxy) is 3. The molecule has 1 aliphatic carbocycles. The molecule has 3 rings (SSSR count). The molecule has 0 aromatic carbocycles. The van der Waals surface area contributed by atoms with E-state index in [1.165, 1.54) is 10.6 Å². The summed E-state index contributed by atoms with van der Waals surface area (Å²) in [5.74, 6) is -0.591. The Labute approximate surface area is 163 Å². The van der Waals surface area contributed by atoms with Gasteiger partial charge in [-0.2, -0.15) is 4.98 Å². The number of anilines is 1. The fourth-order valence-electron chi connectivity index (χ4n) is 3.49. The average Bonchev–Trinajstić information content (AvgIpc) is 3.36. The highest BCUT2D eigenvalue weighted by atomic mass is 16.6. The maximum Gasteiger partial charge on any atom is 0.351 e. The third kappa shape index (κ3) is 3.92. The summed E-state index contributed by atoms with van der Waals surface area (Å²) in [6.07, 6.45) is 0.340. The van der Waals surface area contributed by atoms with Gasteiger partial charge in [0.1, 0.15) is 30.9 Å². The Morgan fingerprint density at radius 1 is 1.43 bits per heavy atom. The van der Waals surface area contributed by atoms with Crippen LogP contribution in [0.5, 0.6) is 0 Å². The molecule has 1 saturated carbocycles. The van der Waals surface area contributed by atoms with Crippen LogP contribution in [0.2, 0.25) is 0 Å². The van der Waals surface area contributed by atoms with Crippen molar-refractivity contribution in [3.63, 3.8) is 0 Å². The number of aliphatic hydroxyl groups is 1. The number of rotatable bonds is 7. The lowest BCUT2D eigenvalue weighted by Crippen LogP contribution is -2.40. The minimum Gasteiger partial charge on any atom is -0.463 e. The lowest BCUT2D eigenvalue weighted by atomic mass is 9.95. The van der Waals surface area contributed by atoms with Gasteiger partial charge in [0.25, 0.3) is 0 Å². The van der Waals surface area contributed by atoms with Crippen molar-refractivity contribution in [1.82, 2.24) is 9.55 Å². The number of nitrogens with two attached hydrogens (primary N) is 1. The maximum absolute atomic E-state index is 12.4. The molecule has 0 radical (unpaired) electrons. The Balaban J connectivity index is 1.87. The van der Waals surface area contributed by atoms with Crippen LogP contribution in [-0.2, 0) is 19.0 Å². The smallest absolute Gasteiger partial charge is 0.351 e. The quantitative estimate of drug-likeness (QED) is 0.518. The lowest BCUT2D eigenvalue weighted by molar-refractivity contribution is -0.188. The maximum atomic E-state index is 12.4. The van der Waals surface area contributed by atoms with Crippen molar-refractivity contribution in [2.24, 2.45) is 17.3 Å². The van der Waals surface area contributed by atoms with Gasteiger partial charge in [0.15, 0.2) is 6.29 Å². The zero-order valence-electron chi connectivity index (χ0n) is 16.7. The number of hydrogen-bond acceptors (Lipinski definition) is 8. The van der Waals surface area contributed by atoms with E-state index < -0.39 is 35.8 Å². The minimum atomic E-state index is -0.991. The second kappa shape index (κ2) is 7.81. The second-order valence-corrected chi connectivity index (χ2v) is 8.28. The summed E-state index contributed by atoms with van der Waals surface area (Å²) >= 11 is 0. The van der Waals surface area contributed by atoms with Crippen molar-refractivity contribution in [2.75, 3.05) is 12.3 Å². The molecule has 28 heavy (non-hydrogen) atoms. The standard InChI is InChI=1S/C19H29N3O6/c1-10(2)15(23)26-9-12-14(28-16(24)11(3)4)19(6-7-19)17(27-12)22-8-5-13(20)21-18(22)25/h5,8,10-12,14,16-17,24H,6-7,9H2,1-4H3,(H2,20,21,25). The van der Waals surface area contributed by atoms with Gasteiger partial charge in [-0.25, -0.2) is 4.79 Å². The third-order valence-corrected chi connectivity index (χ3v) is 5.35. The fourth-order valence-corrected chi connectivity index (χ4v) is 3.49. The molecule has 0 amide bonds. The highest BCUT2D eigenvalue weighted by molar-refractivity contribution is 5.71. The molecule has 9 nitrogen and oxygen atoms in total. The normalized spacial score (nSPS) is 26.8. The molecule has 4 unspecified atom stereocenters. The van der Waals surface area contributed by atoms with E-state index in [0.29, 0.717) is 0 Å². The van der Waals surface area contributed by atoms with Crippen molar-refractivity contribution >= 4 is 11.8 Å². The highest BCUT2D eigenvalue weighted by Gasteiger charge is 2.66. The Kier molecular flexibility index (Phi) is 5.79. The van der Waals surface area contributed by atoms with E-state index in [0.717, 1.165) is 12.8 Å². The van der Waals surface area contributed by atoms with Crippen LogP contribution in [0.25, 0.3) is 0 Å². The second-order valence-electron chi connectivity index (χ2n) is 8.28. The summed E-state index contributed by atoms with van der Waals surface area (Å²) < 4.78 is 18.8. The molecule has 2 fully saturated rings. The Morgan fingerprint density at radius 3 is 2.64 bits per heavy atom. The molecular formula is C19H29N3O6. The monoisotopic (exact) mass is 395 g/mol. The molecule has 4 atom stereocenters. The molecule has 2 aliphatic rings. The van der Waals surface area contributed by atoms with Crippen molar-refractivity contribution < 1.29 is 24.1 Å². The first-order valence-corrected chi connectivity index (χ1v) is 9.66. The van der Waals surface area contributed by atoms with Crippen molar-refractivity contribution in [3.8, 4) is 0 Å². The highest BCUT2D eigenvalue weighted by Crippen LogP contribution is 2.63. The van der Waals surface area contributed by atoms with Crippen LogP contribution < -0.4 is 11.4 Å². The molecule has 9 heteroatoms. The molecule has 1 spiro atoms. The van der Waals surface area contributed by atoms with Crippen LogP contribution in [-0.4, -0.2) is 45.7 Å². The van der Waals surface area contributed by atoms with Gasteiger partial charge >= 0.3 is 11.7 Å². The molecule has 2 heterocycles. The van der Waals surface area contributed by atoms with Crippen LogP contribution in [0.15, 0.2) is 17.1 Å². The summed E-state index contributed by atoms with van der Waals surface area (Å²) in [4.78, 5) is 28.0. The first-order chi connectivity index (χ1) is 13.2. The molecular weight excluding hydrogens is 366 g/mol. The molecule has 1 aliphatic heterocycles. The average molecular weight is 395 g/mol. The van der Waals surface area contributed by atoms with Gasteiger partial charge in [0.2, 0.25) is 0 Å². The fraction of sp³-hybridized carbons (Fsp3) is 0.737.